The Hall–Kier alpha value is -1.89. The van der Waals surface area contributed by atoms with E-state index in [1.807, 2.05) is 12.1 Å². The second kappa shape index (κ2) is 8.99. The van der Waals surface area contributed by atoms with E-state index in [9.17, 15) is 4.79 Å². The van der Waals surface area contributed by atoms with Crippen molar-refractivity contribution in [1.29, 1.82) is 0 Å². The number of amides is 1. The van der Waals surface area contributed by atoms with E-state index in [1.54, 1.807) is 12.4 Å². The van der Waals surface area contributed by atoms with Gasteiger partial charge in [0.15, 0.2) is 11.0 Å². The lowest BCUT2D eigenvalue weighted by Crippen LogP contribution is -2.26. The zero-order chi connectivity index (χ0) is 17.5. The molecule has 0 saturated heterocycles. The van der Waals surface area contributed by atoms with Gasteiger partial charge in [-0.1, -0.05) is 37.9 Å². The van der Waals surface area contributed by atoms with E-state index in [0.29, 0.717) is 11.8 Å². The number of unbranched alkanes of at least 4 members (excludes halogenated alkanes) is 3. The van der Waals surface area contributed by atoms with Gasteiger partial charge in [-0.05, 0) is 31.4 Å². The van der Waals surface area contributed by atoms with Crippen molar-refractivity contribution in [1.82, 2.24) is 25.1 Å². The van der Waals surface area contributed by atoms with Crippen molar-refractivity contribution in [3.63, 3.8) is 0 Å². The normalized spacial score (nSPS) is 13.8. The van der Waals surface area contributed by atoms with Gasteiger partial charge >= 0.3 is 0 Å². The van der Waals surface area contributed by atoms with Crippen molar-refractivity contribution in [3.8, 4) is 11.4 Å². The zero-order valence-electron chi connectivity index (χ0n) is 14.6. The zero-order valence-corrected chi connectivity index (χ0v) is 15.5. The minimum Gasteiger partial charge on any atom is -0.355 e. The molecule has 2 aromatic heterocycles. The molecule has 0 aliphatic heterocycles. The van der Waals surface area contributed by atoms with Crippen LogP contribution in [0.25, 0.3) is 11.4 Å². The fraction of sp³-hybridized carbons (Fsp3) is 0.556. The van der Waals surface area contributed by atoms with Gasteiger partial charge in [-0.3, -0.25) is 14.3 Å². The van der Waals surface area contributed by atoms with Gasteiger partial charge in [0.1, 0.15) is 0 Å². The molecule has 2 aromatic rings. The lowest BCUT2D eigenvalue weighted by molar-refractivity contribution is -0.118. The van der Waals surface area contributed by atoms with Crippen LogP contribution in [0.5, 0.6) is 0 Å². The molecule has 1 saturated carbocycles. The van der Waals surface area contributed by atoms with E-state index >= 15 is 0 Å². The topological polar surface area (TPSA) is 72.7 Å². The number of nitrogens with one attached hydrogen (secondary N) is 1. The maximum absolute atomic E-state index is 12.0. The summed E-state index contributed by atoms with van der Waals surface area (Å²) < 4.78 is 2.16. The van der Waals surface area contributed by atoms with Gasteiger partial charge in [0.2, 0.25) is 5.91 Å². The summed E-state index contributed by atoms with van der Waals surface area (Å²) >= 11 is 1.46. The summed E-state index contributed by atoms with van der Waals surface area (Å²) in [4.78, 5) is 16.2. The fourth-order valence-corrected chi connectivity index (χ4v) is 3.53. The Bertz CT molecular complexity index is 684. The Kier molecular flexibility index (Phi) is 6.44. The molecule has 3 rings (SSSR count). The van der Waals surface area contributed by atoms with Crippen LogP contribution in [0, 0.1) is 0 Å². The Morgan fingerprint density at radius 1 is 1.32 bits per heavy atom. The minimum absolute atomic E-state index is 0.0646. The Labute approximate surface area is 152 Å². The van der Waals surface area contributed by atoms with Crippen molar-refractivity contribution < 1.29 is 4.79 Å². The molecule has 1 amide bonds. The summed E-state index contributed by atoms with van der Waals surface area (Å²) in [6.07, 6.45) is 10.5. The van der Waals surface area contributed by atoms with Gasteiger partial charge < -0.3 is 5.32 Å². The number of nitrogens with zero attached hydrogens (tertiary/aromatic N) is 4. The molecule has 25 heavy (non-hydrogen) atoms. The van der Waals surface area contributed by atoms with Gasteiger partial charge in [-0.25, -0.2) is 0 Å². The second-order valence-electron chi connectivity index (χ2n) is 6.35. The molecule has 0 spiro atoms. The third-order valence-corrected chi connectivity index (χ3v) is 5.12. The van der Waals surface area contributed by atoms with Crippen molar-refractivity contribution >= 4 is 17.7 Å². The van der Waals surface area contributed by atoms with Crippen LogP contribution < -0.4 is 5.32 Å². The monoisotopic (exact) mass is 359 g/mol. The van der Waals surface area contributed by atoms with Crippen molar-refractivity contribution in [3.05, 3.63) is 24.5 Å². The average molecular weight is 359 g/mol. The molecule has 134 valence electrons. The van der Waals surface area contributed by atoms with Crippen molar-refractivity contribution in [2.24, 2.45) is 0 Å². The van der Waals surface area contributed by atoms with Crippen LogP contribution in [0.3, 0.4) is 0 Å². The number of hydrogen-bond donors (Lipinski definition) is 1. The van der Waals surface area contributed by atoms with E-state index in [4.69, 9.17) is 0 Å². The molecule has 0 unspecified atom stereocenters. The average Bonchev–Trinajstić information content (AvgIpc) is 3.39. The first-order valence-electron chi connectivity index (χ1n) is 9.04. The predicted molar refractivity (Wildman–Crippen MR) is 99.4 cm³/mol. The Morgan fingerprint density at radius 3 is 2.92 bits per heavy atom. The molecule has 1 fully saturated rings. The highest BCUT2D eigenvalue weighted by Crippen LogP contribution is 2.40. The highest BCUT2D eigenvalue weighted by atomic mass is 32.2. The van der Waals surface area contributed by atoms with Gasteiger partial charge in [0.05, 0.1) is 5.75 Å². The molecule has 7 heteroatoms. The lowest BCUT2D eigenvalue weighted by Gasteiger charge is -2.09. The van der Waals surface area contributed by atoms with E-state index < -0.39 is 0 Å². The second-order valence-corrected chi connectivity index (χ2v) is 7.29. The van der Waals surface area contributed by atoms with Gasteiger partial charge in [-0.2, -0.15) is 0 Å². The van der Waals surface area contributed by atoms with E-state index in [0.717, 1.165) is 42.4 Å². The predicted octanol–water partition coefficient (Wildman–Crippen LogP) is 3.46. The smallest absolute Gasteiger partial charge is 0.230 e. The summed E-state index contributed by atoms with van der Waals surface area (Å²) in [5, 5.41) is 12.5. The highest BCUT2D eigenvalue weighted by Gasteiger charge is 2.30. The molecule has 0 atom stereocenters. The van der Waals surface area contributed by atoms with Crippen LogP contribution in [-0.4, -0.2) is 38.0 Å². The van der Waals surface area contributed by atoms with Gasteiger partial charge in [0.25, 0.3) is 0 Å². The van der Waals surface area contributed by atoms with E-state index in [2.05, 4.69) is 32.0 Å². The molecule has 1 aliphatic rings. The molecule has 0 radical (unpaired) electrons. The highest BCUT2D eigenvalue weighted by molar-refractivity contribution is 7.99. The summed E-state index contributed by atoms with van der Waals surface area (Å²) in [5.74, 6) is 1.29. The molecular weight excluding hydrogens is 334 g/mol. The van der Waals surface area contributed by atoms with Gasteiger partial charge in [-0.15, -0.1) is 10.2 Å². The standard InChI is InChI=1S/C18H25N5OS/c1-2-3-4-5-11-20-16(24)13-25-18-22-21-17(23(18)15-8-9-15)14-7-6-10-19-12-14/h6-7,10,12,15H,2-5,8-9,11,13H2,1H3,(H,20,24). The first-order chi connectivity index (χ1) is 12.3. The van der Waals surface area contributed by atoms with Crippen LogP contribution >= 0.6 is 11.8 Å². The maximum atomic E-state index is 12.0. The minimum atomic E-state index is 0.0646. The van der Waals surface area contributed by atoms with Crippen molar-refractivity contribution in [2.75, 3.05) is 12.3 Å². The maximum Gasteiger partial charge on any atom is 0.230 e. The number of aromatic nitrogens is 4. The molecular formula is C18H25N5OS. The summed E-state index contributed by atoms with van der Waals surface area (Å²) in [6, 6.07) is 4.35. The van der Waals surface area contributed by atoms with Crippen LogP contribution in [0.2, 0.25) is 0 Å². The SMILES string of the molecule is CCCCCCNC(=O)CSc1nnc(-c2cccnc2)n1C1CC1. The number of carbonyl (C=O) groups excluding carboxylic acids is 1. The van der Waals surface area contributed by atoms with Gasteiger partial charge in [0, 0.05) is 30.5 Å². The summed E-state index contributed by atoms with van der Waals surface area (Å²) in [5.41, 5.74) is 0.967. The molecule has 0 aromatic carbocycles. The van der Waals surface area contributed by atoms with E-state index in [-0.39, 0.29) is 5.91 Å². The third-order valence-electron chi connectivity index (χ3n) is 4.18. The summed E-state index contributed by atoms with van der Waals surface area (Å²) in [6.45, 7) is 2.95. The number of thioether (sulfide) groups is 1. The quantitative estimate of drug-likeness (QED) is 0.519. The Balaban J connectivity index is 1.56. The largest absolute Gasteiger partial charge is 0.355 e. The number of pyridine rings is 1. The fourth-order valence-electron chi connectivity index (χ4n) is 2.69. The molecule has 1 N–H and O–H groups in total. The Morgan fingerprint density at radius 2 is 2.20 bits per heavy atom. The number of carbonyl (C=O) groups is 1. The molecule has 2 heterocycles. The first kappa shape index (κ1) is 17.9. The van der Waals surface area contributed by atoms with Crippen LogP contribution in [0.1, 0.15) is 51.5 Å². The molecule has 0 bridgehead atoms. The van der Waals surface area contributed by atoms with Crippen LogP contribution in [-0.2, 0) is 4.79 Å². The molecule has 1 aliphatic carbocycles. The van der Waals surface area contributed by atoms with Crippen LogP contribution in [0.15, 0.2) is 29.7 Å². The summed E-state index contributed by atoms with van der Waals surface area (Å²) in [7, 11) is 0. The first-order valence-corrected chi connectivity index (χ1v) is 10.0. The number of hydrogen-bond acceptors (Lipinski definition) is 5. The lowest BCUT2D eigenvalue weighted by atomic mass is 10.2. The van der Waals surface area contributed by atoms with Crippen molar-refractivity contribution in [2.45, 2.75) is 56.6 Å². The van der Waals surface area contributed by atoms with Crippen LogP contribution in [0.4, 0.5) is 0 Å². The third kappa shape index (κ3) is 5.04. The van der Waals surface area contributed by atoms with E-state index in [1.165, 1.54) is 31.0 Å². The molecule has 6 nitrogen and oxygen atoms in total. The number of rotatable bonds is 10.